The van der Waals surface area contributed by atoms with Crippen molar-refractivity contribution in [2.75, 3.05) is 0 Å². The van der Waals surface area contributed by atoms with Crippen LogP contribution in [-0.2, 0) is 6.61 Å². The maximum Gasteiger partial charge on any atom is 0.180 e. The van der Waals surface area contributed by atoms with Gasteiger partial charge in [0, 0.05) is 23.0 Å². The molecule has 0 unspecified atom stereocenters. The average Bonchev–Trinajstić information content (AvgIpc) is 3.08. The van der Waals surface area contributed by atoms with E-state index >= 15 is 0 Å². The molecule has 2 heterocycles. The standard InChI is InChI=1S/C21H17ClN2O2/c1-14-11-16(18-12-24-10-2-3-19(25)21(24)23-18)6-9-20(14)26-13-15-4-7-17(22)8-5-15/h2-12,25H,13H2,1H3. The molecule has 0 bridgehead atoms. The number of hydrogen-bond acceptors (Lipinski definition) is 3. The minimum absolute atomic E-state index is 0.165. The van der Waals surface area contributed by atoms with E-state index in [-0.39, 0.29) is 5.75 Å². The van der Waals surface area contributed by atoms with Gasteiger partial charge in [-0.2, -0.15) is 0 Å². The van der Waals surface area contributed by atoms with Crippen molar-refractivity contribution in [3.8, 4) is 22.8 Å². The highest BCUT2D eigenvalue weighted by Crippen LogP contribution is 2.28. The van der Waals surface area contributed by atoms with E-state index in [4.69, 9.17) is 16.3 Å². The molecule has 0 amide bonds. The summed E-state index contributed by atoms with van der Waals surface area (Å²) in [6.45, 7) is 2.49. The van der Waals surface area contributed by atoms with Crippen LogP contribution in [0.15, 0.2) is 67.0 Å². The number of imidazole rings is 1. The third kappa shape index (κ3) is 3.24. The lowest BCUT2D eigenvalue weighted by Crippen LogP contribution is -1.97. The summed E-state index contributed by atoms with van der Waals surface area (Å²) >= 11 is 5.90. The molecule has 0 aliphatic carbocycles. The van der Waals surface area contributed by atoms with Crippen molar-refractivity contribution in [3.63, 3.8) is 0 Å². The topological polar surface area (TPSA) is 46.8 Å². The largest absolute Gasteiger partial charge is 0.504 e. The monoisotopic (exact) mass is 364 g/mol. The number of halogens is 1. The lowest BCUT2D eigenvalue weighted by atomic mass is 10.1. The van der Waals surface area contributed by atoms with Crippen LogP contribution in [0.1, 0.15) is 11.1 Å². The molecule has 0 saturated carbocycles. The van der Waals surface area contributed by atoms with Gasteiger partial charge < -0.3 is 14.2 Å². The zero-order chi connectivity index (χ0) is 18.1. The van der Waals surface area contributed by atoms with Crippen LogP contribution in [0, 0.1) is 6.92 Å². The molecular formula is C21H17ClN2O2. The maximum atomic E-state index is 9.91. The molecule has 4 rings (SSSR count). The number of hydrogen-bond donors (Lipinski definition) is 1. The maximum absolute atomic E-state index is 9.91. The van der Waals surface area contributed by atoms with Gasteiger partial charge in [0.15, 0.2) is 11.4 Å². The minimum Gasteiger partial charge on any atom is -0.504 e. The third-order valence-corrected chi connectivity index (χ3v) is 4.49. The van der Waals surface area contributed by atoms with Crippen LogP contribution in [0.5, 0.6) is 11.5 Å². The number of aryl methyl sites for hydroxylation is 1. The molecule has 5 heteroatoms. The molecule has 2 aromatic carbocycles. The molecule has 0 atom stereocenters. The number of nitrogens with zero attached hydrogens (tertiary/aromatic N) is 2. The Morgan fingerprint density at radius 2 is 1.92 bits per heavy atom. The molecule has 0 saturated heterocycles. The number of rotatable bonds is 4. The van der Waals surface area contributed by atoms with Crippen LogP contribution >= 0.6 is 11.6 Å². The predicted molar refractivity (Wildman–Crippen MR) is 103 cm³/mol. The summed E-state index contributed by atoms with van der Waals surface area (Å²) in [6.07, 6.45) is 3.76. The van der Waals surface area contributed by atoms with E-state index in [1.165, 1.54) is 0 Å². The van der Waals surface area contributed by atoms with Crippen molar-refractivity contribution in [1.29, 1.82) is 0 Å². The summed E-state index contributed by atoms with van der Waals surface area (Å²) in [5.74, 6) is 0.994. The first-order chi connectivity index (χ1) is 12.6. The molecule has 130 valence electrons. The first-order valence-corrected chi connectivity index (χ1v) is 8.63. The van der Waals surface area contributed by atoms with Gasteiger partial charge in [0.1, 0.15) is 12.4 Å². The van der Waals surface area contributed by atoms with Gasteiger partial charge in [0.25, 0.3) is 0 Å². The Hall–Kier alpha value is -2.98. The highest BCUT2D eigenvalue weighted by atomic mass is 35.5. The van der Waals surface area contributed by atoms with Gasteiger partial charge in [-0.3, -0.25) is 0 Å². The molecule has 26 heavy (non-hydrogen) atoms. The third-order valence-electron chi connectivity index (χ3n) is 4.24. The van der Waals surface area contributed by atoms with Gasteiger partial charge in [-0.05, 0) is 60.5 Å². The fourth-order valence-electron chi connectivity index (χ4n) is 2.85. The highest BCUT2D eigenvalue weighted by molar-refractivity contribution is 6.30. The SMILES string of the molecule is Cc1cc(-c2cn3cccc(O)c3n2)ccc1OCc1ccc(Cl)cc1. The van der Waals surface area contributed by atoms with E-state index in [0.29, 0.717) is 17.3 Å². The molecule has 2 aromatic heterocycles. The second-order valence-corrected chi connectivity index (χ2v) is 6.58. The summed E-state index contributed by atoms with van der Waals surface area (Å²) in [7, 11) is 0. The predicted octanol–water partition coefficient (Wildman–Crippen LogP) is 5.25. The average molecular weight is 365 g/mol. The first kappa shape index (κ1) is 16.5. The molecule has 0 aliphatic heterocycles. The quantitative estimate of drug-likeness (QED) is 0.538. The van der Waals surface area contributed by atoms with Crippen molar-refractivity contribution in [1.82, 2.24) is 9.38 Å². The number of pyridine rings is 1. The second-order valence-electron chi connectivity index (χ2n) is 6.15. The Kier molecular flexibility index (Phi) is 4.27. The number of aromatic nitrogens is 2. The van der Waals surface area contributed by atoms with E-state index < -0.39 is 0 Å². The van der Waals surface area contributed by atoms with Gasteiger partial charge in [-0.25, -0.2) is 4.98 Å². The molecule has 0 fully saturated rings. The van der Waals surface area contributed by atoms with E-state index in [1.807, 2.05) is 66.2 Å². The van der Waals surface area contributed by atoms with Crippen LogP contribution in [0.3, 0.4) is 0 Å². The molecule has 4 aromatic rings. The number of ether oxygens (including phenoxy) is 1. The van der Waals surface area contributed by atoms with E-state index in [1.54, 1.807) is 12.1 Å². The van der Waals surface area contributed by atoms with Crippen molar-refractivity contribution in [2.45, 2.75) is 13.5 Å². The summed E-state index contributed by atoms with van der Waals surface area (Å²) in [6, 6.07) is 17.0. The van der Waals surface area contributed by atoms with Crippen LogP contribution in [0.4, 0.5) is 0 Å². The molecule has 0 radical (unpaired) electrons. The van der Waals surface area contributed by atoms with E-state index in [9.17, 15) is 5.11 Å². The molecule has 0 aliphatic rings. The van der Waals surface area contributed by atoms with Crippen molar-refractivity contribution in [3.05, 3.63) is 83.1 Å². The molecular weight excluding hydrogens is 348 g/mol. The zero-order valence-electron chi connectivity index (χ0n) is 14.2. The van der Waals surface area contributed by atoms with Gasteiger partial charge in [0.2, 0.25) is 0 Å². The Bertz CT molecular complexity index is 1070. The number of aromatic hydroxyl groups is 1. The van der Waals surface area contributed by atoms with Gasteiger partial charge >= 0.3 is 0 Å². The minimum atomic E-state index is 0.165. The van der Waals surface area contributed by atoms with Gasteiger partial charge in [-0.15, -0.1) is 0 Å². The van der Waals surface area contributed by atoms with Crippen LogP contribution in [0.25, 0.3) is 16.9 Å². The van der Waals surface area contributed by atoms with Gasteiger partial charge in [-0.1, -0.05) is 23.7 Å². The van der Waals surface area contributed by atoms with E-state index in [0.717, 1.165) is 28.1 Å². The van der Waals surface area contributed by atoms with Crippen molar-refractivity contribution >= 4 is 17.2 Å². The number of benzene rings is 2. The molecule has 1 N–H and O–H groups in total. The highest BCUT2D eigenvalue weighted by Gasteiger charge is 2.09. The van der Waals surface area contributed by atoms with Gasteiger partial charge in [0.05, 0.1) is 5.69 Å². The Morgan fingerprint density at radius 1 is 1.12 bits per heavy atom. The van der Waals surface area contributed by atoms with Crippen LogP contribution < -0.4 is 4.74 Å². The fraction of sp³-hybridized carbons (Fsp3) is 0.0952. The summed E-state index contributed by atoms with van der Waals surface area (Å²) in [5, 5.41) is 10.6. The van der Waals surface area contributed by atoms with Crippen molar-refractivity contribution < 1.29 is 9.84 Å². The Labute approximate surface area is 156 Å². The molecule has 0 spiro atoms. The number of fused-ring (bicyclic) bond motifs is 1. The molecule has 4 nitrogen and oxygen atoms in total. The summed E-state index contributed by atoms with van der Waals surface area (Å²) < 4.78 is 7.73. The summed E-state index contributed by atoms with van der Waals surface area (Å²) in [4.78, 5) is 4.51. The van der Waals surface area contributed by atoms with Crippen molar-refractivity contribution in [2.24, 2.45) is 0 Å². The Morgan fingerprint density at radius 3 is 2.65 bits per heavy atom. The fourth-order valence-corrected chi connectivity index (χ4v) is 2.98. The lowest BCUT2D eigenvalue weighted by molar-refractivity contribution is 0.304. The normalized spacial score (nSPS) is 11.0. The smallest absolute Gasteiger partial charge is 0.180 e. The lowest BCUT2D eigenvalue weighted by Gasteiger charge is -2.10. The van der Waals surface area contributed by atoms with Crippen LogP contribution in [-0.4, -0.2) is 14.5 Å². The summed E-state index contributed by atoms with van der Waals surface area (Å²) in [5.41, 5.74) is 4.41. The Balaban J connectivity index is 1.56. The first-order valence-electron chi connectivity index (χ1n) is 8.25. The van der Waals surface area contributed by atoms with E-state index in [2.05, 4.69) is 4.98 Å². The van der Waals surface area contributed by atoms with Crippen LogP contribution in [0.2, 0.25) is 5.02 Å². The second kappa shape index (κ2) is 6.73. The zero-order valence-corrected chi connectivity index (χ0v) is 14.9.